The van der Waals surface area contributed by atoms with Crippen molar-refractivity contribution < 1.29 is 41.9 Å². The van der Waals surface area contributed by atoms with Crippen LogP contribution in [0, 0.1) is 0 Å². The summed E-state index contributed by atoms with van der Waals surface area (Å²) < 4.78 is 15.4. The Morgan fingerprint density at radius 3 is 0.717 bits per heavy atom. The van der Waals surface area contributed by atoms with Gasteiger partial charge >= 0.3 is 278 Å². The third-order valence-electron chi connectivity index (χ3n) is 8.47. The molecule has 0 bridgehead atoms. The summed E-state index contributed by atoms with van der Waals surface area (Å²) in [6.45, 7) is 0. The fourth-order valence-corrected chi connectivity index (χ4v) is 20.3. The molecule has 0 saturated carbocycles. The standard InChI is InChI=1S/4C10H7.2CH2.2ClH.2Hf/c4*1-2-5-9-7-4-8-10(9)6-3-1;;;;;;/h4*1-7H;2*1H2;2*1H;;. The Hall–Kier alpha value is -3.14. The summed E-state index contributed by atoms with van der Waals surface area (Å²) in [4.78, 5) is 0. The average molecular weight is 967 g/mol. The van der Waals surface area contributed by atoms with E-state index < -0.39 is 41.9 Å². The molecule has 0 aromatic rings. The van der Waals surface area contributed by atoms with Crippen LogP contribution in [-0.4, -0.2) is 8.52 Å². The summed E-state index contributed by atoms with van der Waals surface area (Å²) in [5.41, 5.74) is 10.8. The Labute approximate surface area is 300 Å². The van der Waals surface area contributed by atoms with Gasteiger partial charge in [0.25, 0.3) is 0 Å². The van der Waals surface area contributed by atoms with Crippen LogP contribution in [0.25, 0.3) is 44.5 Å². The molecule has 8 aliphatic rings. The van der Waals surface area contributed by atoms with Crippen molar-refractivity contribution in [2.45, 2.75) is 0 Å². The number of halogens is 2. The Kier molecular flexibility index (Phi) is 11.6. The van der Waals surface area contributed by atoms with E-state index in [2.05, 4.69) is 178 Å². The first-order valence-corrected chi connectivity index (χ1v) is 27.3. The van der Waals surface area contributed by atoms with Crippen LogP contribution in [-0.2, 0) is 41.9 Å². The van der Waals surface area contributed by atoms with Gasteiger partial charge < -0.3 is 0 Å². The first-order valence-electron chi connectivity index (χ1n) is 15.0. The van der Waals surface area contributed by atoms with Crippen molar-refractivity contribution in [3.05, 3.63) is 170 Å². The van der Waals surface area contributed by atoms with E-state index in [1.165, 1.54) is 57.8 Å². The van der Waals surface area contributed by atoms with Crippen LogP contribution in [0.2, 0.25) is 0 Å². The molecule has 0 saturated heterocycles. The molecule has 4 heteroatoms. The van der Waals surface area contributed by atoms with Gasteiger partial charge in [-0.3, -0.25) is 0 Å². The van der Waals surface area contributed by atoms with Gasteiger partial charge in [0.1, 0.15) is 0 Å². The molecule has 0 aromatic carbocycles. The van der Waals surface area contributed by atoms with Crippen molar-refractivity contribution in [2.75, 3.05) is 0 Å². The third-order valence-corrected chi connectivity index (χ3v) is 24.1. The molecule has 0 radical (unpaired) electrons. The summed E-state index contributed by atoms with van der Waals surface area (Å²) >= 11 is -4.56. The maximum atomic E-state index is 4.68. The molecule has 8 aliphatic carbocycles. The van der Waals surface area contributed by atoms with Crippen molar-refractivity contribution in [2.24, 2.45) is 0 Å². The van der Waals surface area contributed by atoms with Crippen molar-refractivity contribution in [1.29, 1.82) is 0 Å². The molecule has 0 nitrogen and oxygen atoms in total. The molecular weight excluding hydrogens is 932 g/mol. The van der Waals surface area contributed by atoms with Gasteiger partial charge in [-0.25, -0.2) is 0 Å². The maximum absolute atomic E-state index is 4.68. The second-order valence-electron chi connectivity index (χ2n) is 11.1. The van der Waals surface area contributed by atoms with E-state index in [4.69, 9.17) is 0 Å². The van der Waals surface area contributed by atoms with Crippen LogP contribution >= 0.6 is 24.8 Å². The van der Waals surface area contributed by atoms with Crippen LogP contribution in [0.3, 0.4) is 0 Å². The second kappa shape index (κ2) is 15.6. The van der Waals surface area contributed by atoms with Gasteiger partial charge in [-0.2, -0.15) is 0 Å². The third kappa shape index (κ3) is 6.92. The Bertz CT molecular complexity index is 1830. The SMILES string of the molecule is Cl.Cl.[CH2]=[Hf]([c]1ccc2cccccc1-2)[c]1ccc2cccccc1-2.[CH2]=[Hf]([c]1ccc2cccccc1-2)[c]1ccc2cccccc1-2. The van der Waals surface area contributed by atoms with Gasteiger partial charge in [-0.1, -0.05) is 0 Å². The van der Waals surface area contributed by atoms with Crippen LogP contribution < -0.4 is 13.3 Å². The Morgan fingerprint density at radius 1 is 0.261 bits per heavy atom. The molecule has 46 heavy (non-hydrogen) atoms. The van der Waals surface area contributed by atoms with Crippen molar-refractivity contribution in [3.63, 3.8) is 0 Å². The molecule has 0 amide bonds. The zero-order chi connectivity index (χ0) is 29.9. The van der Waals surface area contributed by atoms with Crippen LogP contribution in [0.5, 0.6) is 0 Å². The van der Waals surface area contributed by atoms with Crippen LogP contribution in [0.4, 0.5) is 0 Å². The minimum atomic E-state index is -2.28. The fourth-order valence-electron chi connectivity index (χ4n) is 6.20. The second-order valence-corrected chi connectivity index (χ2v) is 25.7. The number of hydrogen-bond acceptors (Lipinski definition) is 0. The molecule has 0 heterocycles. The van der Waals surface area contributed by atoms with E-state index in [9.17, 15) is 0 Å². The summed E-state index contributed by atoms with van der Waals surface area (Å²) in [6, 6.07) is 61.3. The average Bonchev–Trinajstić information content (AvgIpc) is 3.65. The fraction of sp³-hybridized carbons (Fsp3) is 0. The summed E-state index contributed by atoms with van der Waals surface area (Å²) in [7, 11) is 0. The predicted octanol–water partition coefficient (Wildman–Crippen LogP) is 8.64. The molecule has 0 fully saturated rings. The zero-order valence-electron chi connectivity index (χ0n) is 25.4. The molecule has 0 spiro atoms. The van der Waals surface area contributed by atoms with Gasteiger partial charge in [0.15, 0.2) is 0 Å². The van der Waals surface area contributed by atoms with Crippen LogP contribution in [0.1, 0.15) is 0 Å². The van der Waals surface area contributed by atoms with E-state index in [0.29, 0.717) is 0 Å². The number of hydrogen-bond donors (Lipinski definition) is 0. The van der Waals surface area contributed by atoms with E-state index in [1.807, 2.05) is 0 Å². The Morgan fingerprint density at radius 2 is 0.478 bits per heavy atom. The summed E-state index contributed by atoms with van der Waals surface area (Å²) in [5, 5.41) is 0. The first-order chi connectivity index (χ1) is 21.7. The monoisotopic (exact) mass is 968 g/mol. The van der Waals surface area contributed by atoms with Gasteiger partial charge in [0, 0.05) is 0 Å². The van der Waals surface area contributed by atoms with Crippen molar-refractivity contribution in [1.82, 2.24) is 0 Å². The van der Waals surface area contributed by atoms with Gasteiger partial charge in [0.05, 0.1) is 0 Å². The Balaban J connectivity index is 0.000000174. The normalized spacial score (nSPS) is 10.4. The topological polar surface area (TPSA) is 0 Å². The van der Waals surface area contributed by atoms with E-state index in [1.54, 1.807) is 0 Å². The molecule has 8 rings (SSSR count). The molecule has 224 valence electrons. The molecule has 0 atom stereocenters. The van der Waals surface area contributed by atoms with Gasteiger partial charge in [-0.15, -0.1) is 24.8 Å². The summed E-state index contributed by atoms with van der Waals surface area (Å²) in [5.74, 6) is 0. The van der Waals surface area contributed by atoms with Crippen molar-refractivity contribution in [3.8, 4) is 44.5 Å². The van der Waals surface area contributed by atoms with Gasteiger partial charge in [0.2, 0.25) is 0 Å². The molecular formula is C42H34Cl2Hf2. The van der Waals surface area contributed by atoms with Crippen molar-refractivity contribution >= 4 is 46.6 Å². The molecule has 0 aromatic heterocycles. The quantitative estimate of drug-likeness (QED) is 0.155. The summed E-state index contributed by atoms with van der Waals surface area (Å²) in [6.07, 6.45) is 0. The molecule has 0 N–H and O–H groups in total. The molecule has 0 unspecified atom stereocenters. The molecule has 0 aliphatic heterocycles. The van der Waals surface area contributed by atoms with Gasteiger partial charge in [-0.05, 0) is 0 Å². The van der Waals surface area contributed by atoms with Crippen LogP contribution in [0.15, 0.2) is 170 Å². The van der Waals surface area contributed by atoms with E-state index in [-0.39, 0.29) is 24.8 Å². The van der Waals surface area contributed by atoms with E-state index in [0.717, 1.165) is 0 Å². The minimum absolute atomic E-state index is 0. The van der Waals surface area contributed by atoms with E-state index >= 15 is 0 Å². The number of fused-ring (bicyclic) bond motifs is 4. The zero-order valence-corrected chi connectivity index (χ0v) is 34.2. The number of rotatable bonds is 4. The predicted molar refractivity (Wildman–Crippen MR) is 200 cm³/mol. The first kappa shape index (κ1) is 34.2.